The fraction of sp³-hybridized carbons (Fsp3) is 0.471. The number of aryl methyl sites for hydroxylation is 1. The second-order valence-electron chi connectivity index (χ2n) is 6.51. The van der Waals surface area contributed by atoms with Gasteiger partial charge in [-0.15, -0.1) is 0 Å². The molecule has 1 aromatic heterocycles. The number of nitrogens with one attached hydrogen (secondary N) is 1. The van der Waals surface area contributed by atoms with Gasteiger partial charge in [0, 0.05) is 19.1 Å². The summed E-state index contributed by atoms with van der Waals surface area (Å²) in [6, 6.07) is 2.89. The van der Waals surface area contributed by atoms with Crippen LogP contribution in [0.15, 0.2) is 22.7 Å². The fourth-order valence-corrected chi connectivity index (χ4v) is 3.32. The van der Waals surface area contributed by atoms with Crippen LogP contribution in [0.2, 0.25) is 0 Å². The maximum Gasteiger partial charge on any atom is 0.270 e. The molecule has 1 N–H and O–H groups in total. The van der Waals surface area contributed by atoms with Gasteiger partial charge in [0.25, 0.3) is 11.6 Å². The summed E-state index contributed by atoms with van der Waals surface area (Å²) in [5.41, 5.74) is -1.59. The Bertz CT molecular complexity index is 828. The van der Waals surface area contributed by atoms with Gasteiger partial charge in [-0.2, -0.15) is 4.98 Å². The van der Waals surface area contributed by atoms with Crippen molar-refractivity contribution in [1.82, 2.24) is 15.5 Å². The number of carbonyl (C=O) groups excluding carboxylic acids is 1. The maximum atomic E-state index is 14.1. The fourth-order valence-electron chi connectivity index (χ4n) is 3.32. The number of amides is 1. The van der Waals surface area contributed by atoms with E-state index in [0.29, 0.717) is 24.6 Å². The van der Waals surface area contributed by atoms with Gasteiger partial charge in [0.1, 0.15) is 11.4 Å². The molecule has 1 heterocycles. The number of rotatable bonds is 4. The van der Waals surface area contributed by atoms with Gasteiger partial charge < -0.3 is 9.84 Å². The first-order valence-corrected chi connectivity index (χ1v) is 8.48. The van der Waals surface area contributed by atoms with Gasteiger partial charge in [0.2, 0.25) is 5.89 Å². The Balaban J connectivity index is 1.95. The van der Waals surface area contributed by atoms with Gasteiger partial charge in [0.05, 0.1) is 10.5 Å². The summed E-state index contributed by atoms with van der Waals surface area (Å²) in [5, 5.41) is 17.7. The molecule has 26 heavy (non-hydrogen) atoms. The van der Waals surface area contributed by atoms with E-state index in [1.54, 1.807) is 6.92 Å². The van der Waals surface area contributed by atoms with E-state index < -0.39 is 22.2 Å². The van der Waals surface area contributed by atoms with E-state index in [2.05, 4.69) is 15.5 Å². The first kappa shape index (κ1) is 18.0. The molecule has 2 aromatic rings. The van der Waals surface area contributed by atoms with Gasteiger partial charge in [-0.25, -0.2) is 4.39 Å². The van der Waals surface area contributed by atoms with Crippen LogP contribution >= 0.6 is 0 Å². The lowest BCUT2D eigenvalue weighted by molar-refractivity contribution is -0.384. The van der Waals surface area contributed by atoms with Crippen LogP contribution in [-0.2, 0) is 5.54 Å². The lowest BCUT2D eigenvalue weighted by Crippen LogP contribution is -2.46. The van der Waals surface area contributed by atoms with E-state index in [1.807, 2.05) is 0 Å². The van der Waals surface area contributed by atoms with Crippen molar-refractivity contribution in [2.75, 3.05) is 0 Å². The molecule has 9 heteroatoms. The van der Waals surface area contributed by atoms with Gasteiger partial charge in [0.15, 0.2) is 5.82 Å². The summed E-state index contributed by atoms with van der Waals surface area (Å²) in [5.74, 6) is -0.813. The third kappa shape index (κ3) is 3.56. The zero-order chi connectivity index (χ0) is 18.7. The van der Waals surface area contributed by atoms with Crippen LogP contribution in [0.3, 0.4) is 0 Å². The van der Waals surface area contributed by atoms with Crippen LogP contribution in [0.4, 0.5) is 10.1 Å². The molecule has 8 nitrogen and oxygen atoms in total. The average Bonchev–Trinajstić information content (AvgIpc) is 2.91. The monoisotopic (exact) mass is 362 g/mol. The Morgan fingerprint density at radius 3 is 2.58 bits per heavy atom. The Kier molecular flexibility index (Phi) is 4.97. The van der Waals surface area contributed by atoms with Crippen molar-refractivity contribution < 1.29 is 18.6 Å². The Morgan fingerprint density at radius 2 is 2.00 bits per heavy atom. The van der Waals surface area contributed by atoms with Crippen molar-refractivity contribution >= 4 is 11.6 Å². The Labute approximate surface area is 148 Å². The minimum Gasteiger partial charge on any atom is -0.340 e. The summed E-state index contributed by atoms with van der Waals surface area (Å²) in [7, 11) is 0. The van der Waals surface area contributed by atoms with Crippen molar-refractivity contribution in [2.45, 2.75) is 51.0 Å². The molecular weight excluding hydrogens is 343 g/mol. The number of benzene rings is 1. The summed E-state index contributed by atoms with van der Waals surface area (Å²) in [4.78, 5) is 27.3. The largest absolute Gasteiger partial charge is 0.340 e. The van der Waals surface area contributed by atoms with E-state index in [9.17, 15) is 19.3 Å². The highest BCUT2D eigenvalue weighted by atomic mass is 19.1. The van der Waals surface area contributed by atoms with Crippen molar-refractivity contribution in [1.29, 1.82) is 0 Å². The highest BCUT2D eigenvalue weighted by Crippen LogP contribution is 2.35. The number of aromatic nitrogens is 2. The zero-order valence-electron chi connectivity index (χ0n) is 14.3. The van der Waals surface area contributed by atoms with Gasteiger partial charge in [-0.05, 0) is 18.9 Å². The minimum atomic E-state index is -0.873. The molecule has 138 valence electrons. The van der Waals surface area contributed by atoms with Crippen molar-refractivity contribution in [3.8, 4) is 0 Å². The molecule has 0 spiro atoms. The second kappa shape index (κ2) is 7.19. The van der Waals surface area contributed by atoms with E-state index in [-0.39, 0.29) is 11.3 Å². The molecule has 1 amide bonds. The predicted molar refractivity (Wildman–Crippen MR) is 88.9 cm³/mol. The summed E-state index contributed by atoms with van der Waals surface area (Å²) >= 11 is 0. The summed E-state index contributed by atoms with van der Waals surface area (Å²) in [6.45, 7) is 1.66. The highest BCUT2D eigenvalue weighted by Gasteiger charge is 2.39. The quantitative estimate of drug-likeness (QED) is 0.507. The molecule has 0 saturated heterocycles. The highest BCUT2D eigenvalue weighted by molar-refractivity contribution is 5.95. The van der Waals surface area contributed by atoms with Gasteiger partial charge in [-0.1, -0.05) is 30.8 Å². The van der Waals surface area contributed by atoms with Crippen molar-refractivity contribution in [2.24, 2.45) is 0 Å². The van der Waals surface area contributed by atoms with Crippen LogP contribution in [0, 0.1) is 22.9 Å². The molecule has 3 rings (SSSR count). The molecule has 1 aliphatic carbocycles. The average molecular weight is 362 g/mol. The van der Waals surface area contributed by atoms with E-state index >= 15 is 0 Å². The van der Waals surface area contributed by atoms with Gasteiger partial charge in [-0.3, -0.25) is 14.9 Å². The minimum absolute atomic E-state index is 0.345. The predicted octanol–water partition coefficient (Wildman–Crippen LogP) is 3.40. The second-order valence-corrected chi connectivity index (χ2v) is 6.51. The summed E-state index contributed by atoms with van der Waals surface area (Å²) < 4.78 is 19.2. The molecule has 1 aromatic carbocycles. The zero-order valence-corrected chi connectivity index (χ0v) is 14.3. The number of non-ortho nitro benzene ring substituents is 1. The third-order valence-corrected chi connectivity index (χ3v) is 4.67. The molecule has 0 radical (unpaired) electrons. The topological polar surface area (TPSA) is 111 Å². The SMILES string of the molecule is Cc1nc(C2(NC(=O)c3cc([N+](=O)[O-])ccc3F)CCCCCC2)no1. The first-order chi connectivity index (χ1) is 12.4. The van der Waals surface area contributed by atoms with Crippen LogP contribution in [0.1, 0.15) is 60.6 Å². The third-order valence-electron chi connectivity index (χ3n) is 4.67. The summed E-state index contributed by atoms with van der Waals surface area (Å²) in [6.07, 6.45) is 4.92. The van der Waals surface area contributed by atoms with Crippen LogP contribution in [0.5, 0.6) is 0 Å². The number of nitrogens with zero attached hydrogens (tertiary/aromatic N) is 3. The molecule has 1 fully saturated rings. The van der Waals surface area contributed by atoms with Crippen LogP contribution in [0.25, 0.3) is 0 Å². The number of halogens is 1. The van der Waals surface area contributed by atoms with E-state index in [4.69, 9.17) is 4.52 Å². The van der Waals surface area contributed by atoms with Crippen LogP contribution < -0.4 is 5.32 Å². The molecule has 0 atom stereocenters. The molecular formula is C17H19FN4O4. The smallest absolute Gasteiger partial charge is 0.270 e. The number of nitro groups is 1. The molecule has 0 unspecified atom stereocenters. The standard InChI is InChI=1S/C17H19FN4O4/c1-11-19-16(21-26-11)17(8-4-2-3-5-9-17)20-15(23)13-10-12(22(24)25)6-7-14(13)18/h6-7,10H,2-5,8-9H2,1H3,(H,20,23). The lowest BCUT2D eigenvalue weighted by Gasteiger charge is -2.30. The van der Waals surface area contributed by atoms with Crippen LogP contribution in [-0.4, -0.2) is 21.0 Å². The van der Waals surface area contributed by atoms with Crippen molar-refractivity contribution in [3.63, 3.8) is 0 Å². The molecule has 0 bridgehead atoms. The molecule has 1 saturated carbocycles. The Morgan fingerprint density at radius 1 is 1.31 bits per heavy atom. The molecule has 0 aliphatic heterocycles. The van der Waals surface area contributed by atoms with Crippen molar-refractivity contribution in [3.05, 3.63) is 51.4 Å². The van der Waals surface area contributed by atoms with E-state index in [0.717, 1.165) is 43.9 Å². The number of hydrogen-bond acceptors (Lipinski definition) is 6. The van der Waals surface area contributed by atoms with Gasteiger partial charge >= 0.3 is 0 Å². The maximum absolute atomic E-state index is 14.1. The number of hydrogen-bond donors (Lipinski definition) is 1. The number of carbonyl (C=O) groups is 1. The number of nitro benzene ring substituents is 1. The first-order valence-electron chi connectivity index (χ1n) is 8.48. The Hall–Kier alpha value is -2.84. The lowest BCUT2D eigenvalue weighted by atomic mass is 9.88. The normalized spacial score (nSPS) is 16.7. The van der Waals surface area contributed by atoms with E-state index in [1.165, 1.54) is 0 Å². The molecule has 1 aliphatic rings.